The Hall–Kier alpha value is -0.510. The van der Waals surface area contributed by atoms with E-state index in [2.05, 4.69) is 13.0 Å². The largest absolute Gasteiger partial charge is 0.198 e. The Balaban J connectivity index is 1.63. The SMILES string of the molecule is C[C@@]12CCC(C#N)[C@H]1[C@@H]1CCC3CCCC[C@@H]3[C@H]1CC2. The minimum atomic E-state index is 0.382. The summed E-state index contributed by atoms with van der Waals surface area (Å²) in [7, 11) is 0. The van der Waals surface area contributed by atoms with Crippen molar-refractivity contribution in [3.05, 3.63) is 0 Å². The van der Waals surface area contributed by atoms with Crippen LogP contribution in [0.5, 0.6) is 0 Å². The zero-order valence-corrected chi connectivity index (χ0v) is 13.0. The summed E-state index contributed by atoms with van der Waals surface area (Å²) in [6, 6.07) is 2.69. The zero-order chi connectivity index (χ0) is 13.7. The van der Waals surface area contributed by atoms with Crippen LogP contribution in [0.3, 0.4) is 0 Å². The lowest BCUT2D eigenvalue weighted by atomic mass is 9.50. The summed E-state index contributed by atoms with van der Waals surface area (Å²) >= 11 is 0. The van der Waals surface area contributed by atoms with Gasteiger partial charge in [0.2, 0.25) is 0 Å². The molecule has 0 aromatic heterocycles. The van der Waals surface area contributed by atoms with Crippen LogP contribution in [0.4, 0.5) is 0 Å². The van der Waals surface area contributed by atoms with Gasteiger partial charge in [0.15, 0.2) is 0 Å². The summed E-state index contributed by atoms with van der Waals surface area (Å²) in [5.41, 5.74) is 0.517. The Morgan fingerprint density at radius 3 is 2.50 bits per heavy atom. The number of fused-ring (bicyclic) bond motifs is 5. The van der Waals surface area contributed by atoms with Gasteiger partial charge in [-0.3, -0.25) is 0 Å². The average molecular weight is 271 g/mol. The summed E-state index contributed by atoms with van der Waals surface area (Å²) < 4.78 is 0. The molecule has 0 aromatic carbocycles. The van der Waals surface area contributed by atoms with Crippen molar-refractivity contribution < 1.29 is 0 Å². The van der Waals surface area contributed by atoms with E-state index in [0.717, 1.165) is 29.6 Å². The second-order valence-corrected chi connectivity index (χ2v) is 8.61. The number of nitriles is 1. The van der Waals surface area contributed by atoms with Crippen molar-refractivity contribution in [2.75, 3.05) is 0 Å². The second kappa shape index (κ2) is 4.75. The Kier molecular flexibility index (Phi) is 3.13. The van der Waals surface area contributed by atoms with Gasteiger partial charge < -0.3 is 0 Å². The van der Waals surface area contributed by atoms with Gasteiger partial charge in [0, 0.05) is 5.92 Å². The molecule has 0 saturated heterocycles. The van der Waals surface area contributed by atoms with Crippen molar-refractivity contribution in [1.82, 2.24) is 0 Å². The molecule has 0 aliphatic heterocycles. The van der Waals surface area contributed by atoms with Crippen LogP contribution in [0.25, 0.3) is 0 Å². The standard InChI is InChI=1S/C19H29N/c1-19-10-8-14(12-20)18(19)17-7-6-13-4-2-3-5-15(13)16(17)9-11-19/h13-18H,2-11H2,1H3/t13?,14?,15-,16+,17+,18-,19-/m0/s1. The van der Waals surface area contributed by atoms with Gasteiger partial charge in [-0.25, -0.2) is 0 Å². The van der Waals surface area contributed by atoms with E-state index >= 15 is 0 Å². The average Bonchev–Trinajstić information content (AvgIpc) is 2.84. The molecule has 0 aromatic rings. The molecule has 1 heteroatoms. The van der Waals surface area contributed by atoms with Crippen LogP contribution >= 0.6 is 0 Å². The zero-order valence-electron chi connectivity index (χ0n) is 13.0. The Morgan fingerprint density at radius 1 is 0.850 bits per heavy atom. The van der Waals surface area contributed by atoms with Crippen LogP contribution in [0.1, 0.15) is 71.1 Å². The highest BCUT2D eigenvalue weighted by atomic mass is 14.6. The topological polar surface area (TPSA) is 23.8 Å². The minimum absolute atomic E-state index is 0.382. The lowest BCUT2D eigenvalue weighted by Crippen LogP contribution is -2.47. The van der Waals surface area contributed by atoms with E-state index in [4.69, 9.17) is 0 Å². The molecule has 7 atom stereocenters. The van der Waals surface area contributed by atoms with E-state index in [1.807, 2.05) is 0 Å². The molecule has 0 radical (unpaired) electrons. The van der Waals surface area contributed by atoms with Gasteiger partial charge in [0.1, 0.15) is 0 Å². The van der Waals surface area contributed by atoms with E-state index in [9.17, 15) is 5.26 Å². The van der Waals surface area contributed by atoms with Crippen LogP contribution in [0.2, 0.25) is 0 Å². The van der Waals surface area contributed by atoms with Crippen molar-refractivity contribution in [2.45, 2.75) is 71.1 Å². The van der Waals surface area contributed by atoms with E-state index in [1.54, 1.807) is 0 Å². The first-order chi connectivity index (χ1) is 9.73. The molecule has 4 rings (SSSR count). The van der Waals surface area contributed by atoms with Crippen molar-refractivity contribution >= 4 is 0 Å². The molecule has 4 saturated carbocycles. The molecule has 0 N–H and O–H groups in total. The molecule has 20 heavy (non-hydrogen) atoms. The lowest BCUT2D eigenvalue weighted by Gasteiger charge is -2.55. The molecule has 4 aliphatic rings. The van der Waals surface area contributed by atoms with Gasteiger partial charge in [-0.2, -0.15) is 5.26 Å². The third-order valence-corrected chi connectivity index (χ3v) is 7.88. The summed E-state index contributed by atoms with van der Waals surface area (Å²) in [4.78, 5) is 0. The Morgan fingerprint density at radius 2 is 1.65 bits per heavy atom. The van der Waals surface area contributed by atoms with E-state index < -0.39 is 0 Å². The van der Waals surface area contributed by atoms with E-state index in [-0.39, 0.29) is 0 Å². The molecule has 2 unspecified atom stereocenters. The Bertz CT molecular complexity index is 422. The molecule has 0 amide bonds. The van der Waals surface area contributed by atoms with Crippen LogP contribution in [0.15, 0.2) is 0 Å². The highest BCUT2D eigenvalue weighted by Crippen LogP contribution is 2.63. The van der Waals surface area contributed by atoms with Crippen molar-refractivity contribution in [1.29, 1.82) is 5.26 Å². The molecule has 0 spiro atoms. The van der Waals surface area contributed by atoms with Crippen LogP contribution in [-0.4, -0.2) is 0 Å². The van der Waals surface area contributed by atoms with Crippen LogP contribution < -0.4 is 0 Å². The quantitative estimate of drug-likeness (QED) is 0.596. The fourth-order valence-electron chi connectivity index (χ4n) is 7.04. The normalized spacial score (nSPS) is 54.4. The predicted molar refractivity (Wildman–Crippen MR) is 80.8 cm³/mol. The van der Waals surface area contributed by atoms with Crippen LogP contribution in [0, 0.1) is 52.3 Å². The summed E-state index contributed by atoms with van der Waals surface area (Å²) in [5, 5.41) is 9.59. The van der Waals surface area contributed by atoms with Crippen molar-refractivity contribution in [3.8, 4) is 6.07 Å². The summed E-state index contributed by atoms with van der Waals surface area (Å²) in [5.74, 6) is 5.10. The van der Waals surface area contributed by atoms with Crippen molar-refractivity contribution in [2.24, 2.45) is 40.9 Å². The molecule has 0 heterocycles. The Labute approximate surface area is 124 Å². The number of hydrogen-bond donors (Lipinski definition) is 0. The first-order valence-corrected chi connectivity index (χ1v) is 9.12. The fourth-order valence-corrected chi connectivity index (χ4v) is 7.04. The second-order valence-electron chi connectivity index (χ2n) is 8.61. The van der Waals surface area contributed by atoms with Gasteiger partial charge in [-0.05, 0) is 80.0 Å². The van der Waals surface area contributed by atoms with Crippen LogP contribution in [-0.2, 0) is 0 Å². The third-order valence-electron chi connectivity index (χ3n) is 7.88. The summed E-state index contributed by atoms with van der Waals surface area (Å²) in [6.45, 7) is 2.51. The predicted octanol–water partition coefficient (Wildman–Crippen LogP) is 5.17. The maximum Gasteiger partial charge on any atom is 0.0659 e. The molecule has 1 nitrogen and oxygen atoms in total. The molecule has 110 valence electrons. The monoisotopic (exact) mass is 271 g/mol. The molecular formula is C19H29N. The van der Waals surface area contributed by atoms with Gasteiger partial charge in [-0.15, -0.1) is 0 Å². The lowest BCUT2D eigenvalue weighted by molar-refractivity contribution is -0.0566. The molecule has 4 fully saturated rings. The number of rotatable bonds is 0. The highest BCUT2D eigenvalue weighted by Gasteiger charge is 2.56. The number of hydrogen-bond acceptors (Lipinski definition) is 1. The third kappa shape index (κ3) is 1.79. The smallest absolute Gasteiger partial charge is 0.0659 e. The van der Waals surface area contributed by atoms with Gasteiger partial charge in [-0.1, -0.05) is 26.2 Å². The number of nitrogens with zero attached hydrogens (tertiary/aromatic N) is 1. The minimum Gasteiger partial charge on any atom is -0.198 e. The van der Waals surface area contributed by atoms with Gasteiger partial charge >= 0.3 is 0 Å². The first-order valence-electron chi connectivity index (χ1n) is 9.12. The van der Waals surface area contributed by atoms with Gasteiger partial charge in [0.25, 0.3) is 0 Å². The van der Waals surface area contributed by atoms with E-state index in [1.165, 1.54) is 64.2 Å². The van der Waals surface area contributed by atoms with Gasteiger partial charge in [0.05, 0.1) is 6.07 Å². The molecule has 4 aliphatic carbocycles. The summed E-state index contributed by atoms with van der Waals surface area (Å²) in [6.07, 6.45) is 14.3. The fraction of sp³-hybridized carbons (Fsp3) is 0.947. The molecule has 0 bridgehead atoms. The van der Waals surface area contributed by atoms with Crippen molar-refractivity contribution in [3.63, 3.8) is 0 Å². The first kappa shape index (κ1) is 13.2. The molecular weight excluding hydrogens is 242 g/mol. The highest BCUT2D eigenvalue weighted by molar-refractivity contribution is 5.09. The maximum absolute atomic E-state index is 9.59. The maximum atomic E-state index is 9.59. The van der Waals surface area contributed by atoms with E-state index in [0.29, 0.717) is 11.3 Å².